The number of ether oxygens (including phenoxy) is 2. The second-order valence-electron chi connectivity index (χ2n) is 6.98. The molecule has 1 heterocycles. The van der Waals surface area contributed by atoms with Crippen molar-refractivity contribution in [3.63, 3.8) is 0 Å². The quantitative estimate of drug-likeness (QED) is 0.630. The zero-order valence-corrected chi connectivity index (χ0v) is 17.7. The molecular formula is C20H26N2O6S. The summed E-state index contributed by atoms with van der Waals surface area (Å²) in [5.74, 6) is -0.0742. The Balaban J connectivity index is 1.96. The van der Waals surface area contributed by atoms with Crippen molar-refractivity contribution >= 4 is 16.0 Å². The number of esters is 1. The molecule has 1 aliphatic carbocycles. The summed E-state index contributed by atoms with van der Waals surface area (Å²) < 4.78 is 43.5. The molecule has 0 amide bonds. The van der Waals surface area contributed by atoms with Crippen molar-refractivity contribution in [3.05, 3.63) is 30.0 Å². The van der Waals surface area contributed by atoms with Crippen LogP contribution in [0.2, 0.25) is 0 Å². The van der Waals surface area contributed by atoms with Gasteiger partial charge in [-0.1, -0.05) is 24.4 Å². The van der Waals surface area contributed by atoms with Gasteiger partial charge in [-0.25, -0.2) is 13.2 Å². The molecule has 158 valence electrons. The lowest BCUT2D eigenvalue weighted by Crippen LogP contribution is -2.38. The number of aromatic nitrogens is 1. The number of hydrogen-bond acceptors (Lipinski definition) is 7. The summed E-state index contributed by atoms with van der Waals surface area (Å²) in [6.07, 6.45) is 4.88. The average molecular weight is 423 g/mol. The molecule has 0 saturated heterocycles. The van der Waals surface area contributed by atoms with Gasteiger partial charge in [-0.05, 0) is 38.0 Å². The van der Waals surface area contributed by atoms with Crippen LogP contribution in [0.15, 0.2) is 33.7 Å². The minimum Gasteiger partial charge on any atom is -0.495 e. The summed E-state index contributed by atoms with van der Waals surface area (Å²) in [4.78, 5) is 11.9. The van der Waals surface area contributed by atoms with Crippen molar-refractivity contribution in [1.29, 1.82) is 0 Å². The molecule has 1 saturated carbocycles. The number of carbonyl (C=O) groups excluding carboxylic acids is 1. The Labute approximate surface area is 170 Å². The Bertz CT molecular complexity index is 963. The first-order valence-corrected chi connectivity index (χ1v) is 11.1. The van der Waals surface area contributed by atoms with E-state index in [0.717, 1.165) is 32.1 Å². The lowest BCUT2D eigenvalue weighted by molar-refractivity contribution is 0.0514. The second kappa shape index (κ2) is 8.96. The van der Waals surface area contributed by atoms with Crippen molar-refractivity contribution in [2.45, 2.75) is 50.0 Å². The third kappa shape index (κ3) is 4.45. The van der Waals surface area contributed by atoms with E-state index in [4.69, 9.17) is 14.0 Å². The first-order valence-electron chi connectivity index (χ1n) is 9.68. The summed E-state index contributed by atoms with van der Waals surface area (Å²) >= 11 is 0. The van der Waals surface area contributed by atoms with Gasteiger partial charge in [-0.2, -0.15) is 4.31 Å². The minimum absolute atomic E-state index is 0.0252. The van der Waals surface area contributed by atoms with E-state index in [2.05, 4.69) is 5.16 Å². The fraction of sp³-hybridized carbons (Fsp3) is 0.500. The average Bonchev–Trinajstić information content (AvgIpc) is 3.24. The van der Waals surface area contributed by atoms with Gasteiger partial charge in [-0.15, -0.1) is 0 Å². The Morgan fingerprint density at radius 1 is 1.24 bits per heavy atom. The van der Waals surface area contributed by atoms with Crippen LogP contribution < -0.4 is 4.74 Å². The molecule has 0 unspecified atom stereocenters. The summed E-state index contributed by atoms with van der Waals surface area (Å²) in [7, 11) is -0.727. The van der Waals surface area contributed by atoms with E-state index in [-0.39, 0.29) is 34.7 Å². The van der Waals surface area contributed by atoms with Gasteiger partial charge in [0, 0.05) is 24.7 Å². The van der Waals surface area contributed by atoms with Gasteiger partial charge in [0.2, 0.25) is 10.0 Å². The molecule has 0 spiro atoms. The molecule has 1 aliphatic rings. The molecule has 0 bridgehead atoms. The van der Waals surface area contributed by atoms with Crippen molar-refractivity contribution in [3.8, 4) is 17.1 Å². The SMILES string of the molecule is CCOC(=O)c1cc(-c2ccc(OC)c(S(=O)(=O)N(C)C3CCCCC3)c2)on1. The van der Waals surface area contributed by atoms with E-state index in [0.29, 0.717) is 5.56 Å². The highest BCUT2D eigenvalue weighted by atomic mass is 32.2. The fourth-order valence-corrected chi connectivity index (χ4v) is 5.14. The topological polar surface area (TPSA) is 98.9 Å². The van der Waals surface area contributed by atoms with Gasteiger partial charge >= 0.3 is 5.97 Å². The Hall–Kier alpha value is -2.39. The molecule has 0 atom stereocenters. The maximum Gasteiger partial charge on any atom is 0.360 e. The Kier molecular flexibility index (Phi) is 6.59. The summed E-state index contributed by atoms with van der Waals surface area (Å²) in [5.41, 5.74) is 0.505. The summed E-state index contributed by atoms with van der Waals surface area (Å²) in [6, 6.07) is 6.13. The van der Waals surface area contributed by atoms with Gasteiger partial charge in [0.1, 0.15) is 10.6 Å². The highest BCUT2D eigenvalue weighted by molar-refractivity contribution is 7.89. The molecule has 9 heteroatoms. The molecule has 29 heavy (non-hydrogen) atoms. The minimum atomic E-state index is -3.78. The molecule has 1 fully saturated rings. The molecule has 8 nitrogen and oxygen atoms in total. The van der Waals surface area contributed by atoms with Crippen LogP contribution in [-0.2, 0) is 14.8 Å². The van der Waals surface area contributed by atoms with E-state index >= 15 is 0 Å². The smallest absolute Gasteiger partial charge is 0.360 e. The molecule has 2 aromatic rings. The number of carbonyl (C=O) groups is 1. The van der Waals surface area contributed by atoms with Crippen LogP contribution >= 0.6 is 0 Å². The number of rotatable bonds is 7. The van der Waals surface area contributed by atoms with Gasteiger partial charge < -0.3 is 14.0 Å². The predicted octanol–water partition coefficient (Wildman–Crippen LogP) is 3.48. The van der Waals surface area contributed by atoms with Crippen molar-refractivity contribution in [2.75, 3.05) is 20.8 Å². The molecule has 0 N–H and O–H groups in total. The number of sulfonamides is 1. The van der Waals surface area contributed by atoms with Crippen LogP contribution in [0, 0.1) is 0 Å². The molecule has 3 rings (SSSR count). The van der Waals surface area contributed by atoms with E-state index in [1.165, 1.54) is 23.5 Å². The van der Waals surface area contributed by atoms with Crippen LogP contribution in [-0.4, -0.2) is 50.7 Å². The molecular weight excluding hydrogens is 396 g/mol. The molecule has 1 aromatic carbocycles. The zero-order valence-electron chi connectivity index (χ0n) is 16.9. The summed E-state index contributed by atoms with van der Waals surface area (Å²) in [6.45, 7) is 1.92. The highest BCUT2D eigenvalue weighted by Crippen LogP contribution is 2.34. The number of hydrogen-bond donors (Lipinski definition) is 0. The first kappa shape index (κ1) is 21.3. The standard InChI is InChI=1S/C20H26N2O6S/c1-4-27-20(23)16-13-18(28-21-16)14-10-11-17(26-3)19(12-14)29(24,25)22(2)15-8-6-5-7-9-15/h10-13,15H,4-9H2,1-3H3. The maximum absolute atomic E-state index is 13.3. The van der Waals surface area contributed by atoms with Crippen LogP contribution in [0.25, 0.3) is 11.3 Å². The maximum atomic E-state index is 13.3. The van der Waals surface area contributed by atoms with E-state index in [9.17, 15) is 13.2 Å². The van der Waals surface area contributed by atoms with Gasteiger partial charge in [-0.3, -0.25) is 0 Å². The van der Waals surface area contributed by atoms with E-state index < -0.39 is 16.0 Å². The summed E-state index contributed by atoms with van der Waals surface area (Å²) in [5, 5.41) is 3.71. The zero-order chi connectivity index (χ0) is 21.0. The lowest BCUT2D eigenvalue weighted by Gasteiger charge is -2.30. The highest BCUT2D eigenvalue weighted by Gasteiger charge is 2.32. The molecule has 1 aromatic heterocycles. The predicted molar refractivity (Wildman–Crippen MR) is 106 cm³/mol. The van der Waals surface area contributed by atoms with Crippen LogP contribution in [0.5, 0.6) is 5.75 Å². The second-order valence-corrected chi connectivity index (χ2v) is 8.94. The number of nitrogens with zero attached hydrogens (tertiary/aromatic N) is 2. The molecule has 0 aliphatic heterocycles. The normalized spacial score (nSPS) is 15.4. The van der Waals surface area contributed by atoms with Crippen molar-refractivity contribution in [2.24, 2.45) is 0 Å². The van der Waals surface area contributed by atoms with Crippen LogP contribution in [0.3, 0.4) is 0 Å². The van der Waals surface area contributed by atoms with Crippen molar-refractivity contribution in [1.82, 2.24) is 9.46 Å². The van der Waals surface area contributed by atoms with E-state index in [1.807, 2.05) is 0 Å². The van der Waals surface area contributed by atoms with Gasteiger partial charge in [0.05, 0.1) is 13.7 Å². The van der Waals surface area contributed by atoms with Crippen molar-refractivity contribution < 1.29 is 27.2 Å². The Morgan fingerprint density at radius 2 is 1.97 bits per heavy atom. The Morgan fingerprint density at radius 3 is 2.62 bits per heavy atom. The van der Waals surface area contributed by atoms with Crippen LogP contribution in [0.1, 0.15) is 49.5 Å². The fourth-order valence-electron chi connectivity index (χ4n) is 3.54. The first-order chi connectivity index (χ1) is 13.9. The monoisotopic (exact) mass is 422 g/mol. The number of benzene rings is 1. The van der Waals surface area contributed by atoms with Crippen LogP contribution in [0.4, 0.5) is 0 Å². The third-order valence-corrected chi connectivity index (χ3v) is 7.12. The third-order valence-electron chi connectivity index (χ3n) is 5.19. The van der Waals surface area contributed by atoms with E-state index in [1.54, 1.807) is 26.1 Å². The number of methoxy groups -OCH3 is 1. The largest absolute Gasteiger partial charge is 0.495 e. The molecule has 0 radical (unpaired) electrons. The van der Waals surface area contributed by atoms with Gasteiger partial charge in [0.25, 0.3) is 0 Å². The lowest BCUT2D eigenvalue weighted by atomic mass is 9.96. The van der Waals surface area contributed by atoms with Gasteiger partial charge in [0.15, 0.2) is 11.5 Å².